The molecule has 0 aliphatic carbocycles. The predicted octanol–water partition coefficient (Wildman–Crippen LogP) is 3.08. The van der Waals surface area contributed by atoms with Crippen LogP contribution in [0.4, 0.5) is 17.6 Å². The molecule has 3 nitrogen and oxygen atoms in total. The molecule has 0 aliphatic rings. The molecule has 88 valence electrons. The first-order chi connectivity index (χ1) is 7.20. The maximum Gasteiger partial charge on any atom is 0.573 e. The van der Waals surface area contributed by atoms with Crippen molar-refractivity contribution in [1.82, 2.24) is 0 Å². The zero-order valence-corrected chi connectivity index (χ0v) is 8.06. The van der Waals surface area contributed by atoms with Crippen molar-refractivity contribution < 1.29 is 32.2 Å². The highest BCUT2D eigenvalue weighted by Crippen LogP contribution is 2.29. The van der Waals surface area contributed by atoms with Crippen molar-refractivity contribution in [2.75, 3.05) is 0 Å². The fraction of sp³-hybridized carbons (Fsp3) is 0.125. The summed E-state index contributed by atoms with van der Waals surface area (Å²) in [4.78, 5) is 10.5. The quantitative estimate of drug-likeness (QED) is 0.829. The summed E-state index contributed by atoms with van der Waals surface area (Å²) in [5, 5.41) is 7.71. The van der Waals surface area contributed by atoms with Gasteiger partial charge in [0.2, 0.25) is 0 Å². The molecular formula is C8H3ClF4O3. The summed E-state index contributed by atoms with van der Waals surface area (Å²) in [6.07, 6.45) is -5.00. The molecule has 0 aromatic heterocycles. The maximum atomic E-state index is 13.0. The van der Waals surface area contributed by atoms with Gasteiger partial charge in [-0.05, 0) is 6.07 Å². The molecule has 0 bridgehead atoms. The lowest BCUT2D eigenvalue weighted by molar-refractivity contribution is -0.274. The fourth-order valence-electron chi connectivity index (χ4n) is 0.912. The van der Waals surface area contributed by atoms with E-state index in [0.717, 1.165) is 0 Å². The second kappa shape index (κ2) is 4.17. The van der Waals surface area contributed by atoms with Crippen molar-refractivity contribution in [3.63, 3.8) is 0 Å². The van der Waals surface area contributed by atoms with Gasteiger partial charge in [-0.3, -0.25) is 0 Å². The van der Waals surface area contributed by atoms with Gasteiger partial charge in [-0.1, -0.05) is 11.6 Å². The van der Waals surface area contributed by atoms with Crippen LogP contribution in [0.5, 0.6) is 5.75 Å². The van der Waals surface area contributed by atoms with Crippen molar-refractivity contribution in [1.29, 1.82) is 0 Å². The van der Waals surface area contributed by atoms with E-state index in [1.165, 1.54) is 0 Å². The summed E-state index contributed by atoms with van der Waals surface area (Å²) in [6.45, 7) is 0. The zero-order valence-electron chi connectivity index (χ0n) is 7.31. The van der Waals surface area contributed by atoms with Crippen molar-refractivity contribution in [3.05, 3.63) is 28.5 Å². The van der Waals surface area contributed by atoms with Gasteiger partial charge in [0.05, 0.1) is 5.02 Å². The van der Waals surface area contributed by atoms with Crippen molar-refractivity contribution in [2.24, 2.45) is 0 Å². The second-order valence-corrected chi connectivity index (χ2v) is 3.03. The number of benzene rings is 1. The van der Waals surface area contributed by atoms with Crippen LogP contribution in [0, 0.1) is 5.82 Å². The van der Waals surface area contributed by atoms with Gasteiger partial charge in [0.25, 0.3) is 0 Å². The molecule has 0 fully saturated rings. The molecule has 0 amide bonds. The fourth-order valence-corrected chi connectivity index (χ4v) is 1.12. The minimum absolute atomic E-state index is 0.400. The third-order valence-corrected chi connectivity index (χ3v) is 1.74. The van der Waals surface area contributed by atoms with Crippen molar-refractivity contribution >= 4 is 17.6 Å². The number of halogens is 5. The van der Waals surface area contributed by atoms with Gasteiger partial charge >= 0.3 is 12.3 Å². The molecule has 0 spiro atoms. The molecule has 0 heterocycles. The van der Waals surface area contributed by atoms with Crippen LogP contribution in [0.15, 0.2) is 12.1 Å². The van der Waals surface area contributed by atoms with E-state index in [1.54, 1.807) is 0 Å². The Morgan fingerprint density at radius 1 is 1.38 bits per heavy atom. The number of aromatic carboxylic acids is 1. The highest BCUT2D eigenvalue weighted by atomic mass is 35.5. The molecule has 8 heteroatoms. The molecule has 0 atom stereocenters. The second-order valence-electron chi connectivity index (χ2n) is 2.62. The minimum Gasteiger partial charge on any atom is -0.478 e. The van der Waals surface area contributed by atoms with Gasteiger partial charge in [0, 0.05) is 6.07 Å². The molecule has 1 aromatic rings. The summed E-state index contributed by atoms with van der Waals surface area (Å²) < 4.78 is 51.8. The molecular weight excluding hydrogens is 256 g/mol. The van der Waals surface area contributed by atoms with Gasteiger partial charge in [0.15, 0.2) is 5.82 Å². The van der Waals surface area contributed by atoms with Crippen LogP contribution in [0.2, 0.25) is 5.02 Å². The lowest BCUT2D eigenvalue weighted by atomic mass is 10.2. The topological polar surface area (TPSA) is 46.5 Å². The normalized spacial score (nSPS) is 11.3. The van der Waals surface area contributed by atoms with Gasteiger partial charge in [-0.15, -0.1) is 13.2 Å². The monoisotopic (exact) mass is 258 g/mol. The summed E-state index contributed by atoms with van der Waals surface area (Å²) in [5.74, 6) is -3.95. The molecule has 16 heavy (non-hydrogen) atoms. The number of ether oxygens (including phenoxy) is 1. The SMILES string of the molecule is O=C(O)c1cc(OC(F)(F)F)cc(Cl)c1F. The van der Waals surface area contributed by atoms with Gasteiger partial charge in [-0.25, -0.2) is 9.18 Å². The van der Waals surface area contributed by atoms with Gasteiger partial charge < -0.3 is 9.84 Å². The minimum atomic E-state index is -5.00. The predicted molar refractivity (Wildman–Crippen MR) is 45.1 cm³/mol. The molecule has 0 aliphatic heterocycles. The van der Waals surface area contributed by atoms with E-state index in [9.17, 15) is 22.4 Å². The van der Waals surface area contributed by atoms with Crippen molar-refractivity contribution in [2.45, 2.75) is 6.36 Å². The van der Waals surface area contributed by atoms with Crippen LogP contribution in [0.25, 0.3) is 0 Å². The summed E-state index contributed by atoms with van der Waals surface area (Å²) in [6, 6.07) is 0.938. The highest BCUT2D eigenvalue weighted by Gasteiger charge is 2.32. The van der Waals surface area contributed by atoms with E-state index in [-0.39, 0.29) is 0 Å². The molecule has 1 aromatic carbocycles. The van der Waals surface area contributed by atoms with Crippen molar-refractivity contribution in [3.8, 4) is 5.75 Å². The standard InChI is InChI=1S/C8H3ClF4O3/c9-5-2-3(16-8(11,12)13)1-4(6(5)10)7(14)15/h1-2H,(H,14,15). The van der Waals surface area contributed by atoms with Crippen LogP contribution in [-0.4, -0.2) is 17.4 Å². The first-order valence-corrected chi connectivity index (χ1v) is 4.06. The Balaban J connectivity index is 3.19. The lowest BCUT2D eigenvalue weighted by Crippen LogP contribution is -2.17. The Morgan fingerprint density at radius 3 is 2.38 bits per heavy atom. The van der Waals surface area contributed by atoms with E-state index >= 15 is 0 Å². The Hall–Kier alpha value is -1.50. The maximum absolute atomic E-state index is 13.0. The summed E-state index contributed by atoms with van der Waals surface area (Å²) in [7, 11) is 0. The number of carboxylic acid groups (broad SMARTS) is 1. The Morgan fingerprint density at radius 2 is 1.94 bits per heavy atom. The Bertz CT molecular complexity index is 430. The first-order valence-electron chi connectivity index (χ1n) is 3.69. The van der Waals surface area contributed by atoms with E-state index in [4.69, 9.17) is 16.7 Å². The van der Waals surface area contributed by atoms with Gasteiger partial charge in [0.1, 0.15) is 11.3 Å². The third-order valence-electron chi connectivity index (χ3n) is 1.47. The van der Waals surface area contributed by atoms with Crippen LogP contribution in [-0.2, 0) is 0 Å². The largest absolute Gasteiger partial charge is 0.573 e. The summed E-state index contributed by atoms with van der Waals surface area (Å²) >= 11 is 5.21. The number of carboxylic acids is 1. The molecule has 0 saturated heterocycles. The molecule has 0 saturated carbocycles. The van der Waals surface area contributed by atoms with Crippen LogP contribution in [0.1, 0.15) is 10.4 Å². The number of rotatable bonds is 2. The van der Waals surface area contributed by atoms with E-state index in [0.29, 0.717) is 12.1 Å². The van der Waals surface area contributed by atoms with Gasteiger partial charge in [-0.2, -0.15) is 0 Å². The smallest absolute Gasteiger partial charge is 0.478 e. The lowest BCUT2D eigenvalue weighted by Gasteiger charge is -2.10. The number of carbonyl (C=O) groups is 1. The number of hydrogen-bond donors (Lipinski definition) is 1. The van der Waals surface area contributed by atoms with Crippen LogP contribution in [0.3, 0.4) is 0 Å². The third kappa shape index (κ3) is 2.99. The number of hydrogen-bond acceptors (Lipinski definition) is 2. The van der Waals surface area contributed by atoms with E-state index < -0.39 is 34.5 Å². The molecule has 1 N–H and O–H groups in total. The molecule has 0 radical (unpaired) electrons. The Labute approximate surface area is 91.2 Å². The van der Waals surface area contributed by atoms with Crippen LogP contribution < -0.4 is 4.74 Å². The average molecular weight is 259 g/mol. The molecule has 1 rings (SSSR count). The average Bonchev–Trinajstić information content (AvgIpc) is 2.07. The first kappa shape index (κ1) is 12.6. The summed E-state index contributed by atoms with van der Waals surface area (Å²) in [5.41, 5.74) is -0.994. The molecule has 0 unspecified atom stereocenters. The van der Waals surface area contributed by atoms with E-state index in [2.05, 4.69) is 4.74 Å². The van der Waals surface area contributed by atoms with Crippen LogP contribution >= 0.6 is 11.6 Å². The zero-order chi connectivity index (χ0) is 12.5. The van der Waals surface area contributed by atoms with E-state index in [1.807, 2.05) is 0 Å². The Kier molecular flexibility index (Phi) is 3.27. The highest BCUT2D eigenvalue weighted by molar-refractivity contribution is 6.31. The number of alkyl halides is 3.